The number of carbonyl (C=O) groups excluding carboxylic acids is 1. The maximum absolute atomic E-state index is 12.5. The number of hydrogen-bond acceptors (Lipinski definition) is 4. The average molecular weight is 338 g/mol. The van der Waals surface area contributed by atoms with Crippen molar-refractivity contribution in [2.24, 2.45) is 11.3 Å². The first-order chi connectivity index (χ1) is 10.8. The van der Waals surface area contributed by atoms with Gasteiger partial charge >= 0.3 is 6.18 Å². The third-order valence-electron chi connectivity index (χ3n) is 4.74. The number of nitrogens with zero attached hydrogens (tertiary/aromatic N) is 1. The molecule has 2 N–H and O–H groups in total. The van der Waals surface area contributed by atoms with Crippen molar-refractivity contribution in [3.05, 3.63) is 0 Å². The first kappa shape index (κ1) is 18.5. The molecule has 2 rings (SSSR count). The first-order valence-corrected chi connectivity index (χ1v) is 8.09. The Morgan fingerprint density at radius 1 is 1.43 bits per heavy atom. The van der Waals surface area contributed by atoms with Gasteiger partial charge in [0.05, 0.1) is 19.1 Å². The van der Waals surface area contributed by atoms with Crippen LogP contribution in [0, 0.1) is 11.3 Å². The van der Waals surface area contributed by atoms with Crippen LogP contribution in [-0.2, 0) is 9.53 Å². The molecule has 134 valence electrons. The van der Waals surface area contributed by atoms with Crippen molar-refractivity contribution >= 4 is 5.91 Å². The Morgan fingerprint density at radius 3 is 2.83 bits per heavy atom. The molecule has 0 saturated carbocycles. The lowest BCUT2D eigenvalue weighted by atomic mass is 9.83. The minimum atomic E-state index is -4.23. The minimum Gasteiger partial charge on any atom is -0.396 e. The summed E-state index contributed by atoms with van der Waals surface area (Å²) < 4.78 is 42.8. The molecule has 2 aliphatic rings. The number of carbonyl (C=O) groups is 1. The Balaban J connectivity index is 1.82. The number of likely N-dealkylation sites (tertiary alicyclic amines) is 1. The summed E-state index contributed by atoms with van der Waals surface area (Å²) >= 11 is 0. The lowest BCUT2D eigenvalue weighted by Crippen LogP contribution is -2.48. The molecule has 23 heavy (non-hydrogen) atoms. The van der Waals surface area contributed by atoms with Crippen LogP contribution >= 0.6 is 0 Å². The monoisotopic (exact) mass is 338 g/mol. The molecule has 2 aliphatic heterocycles. The average Bonchev–Trinajstić information content (AvgIpc) is 2.93. The largest absolute Gasteiger partial charge is 0.401 e. The zero-order valence-corrected chi connectivity index (χ0v) is 13.2. The number of rotatable bonds is 6. The van der Waals surface area contributed by atoms with Crippen molar-refractivity contribution in [1.29, 1.82) is 0 Å². The molecule has 2 atom stereocenters. The Hall–Kier alpha value is -0.860. The molecule has 0 aliphatic carbocycles. The van der Waals surface area contributed by atoms with Crippen LogP contribution in [0.1, 0.15) is 25.7 Å². The van der Waals surface area contributed by atoms with E-state index in [9.17, 15) is 18.0 Å². The fraction of sp³-hybridized carbons (Fsp3) is 0.933. The fourth-order valence-electron chi connectivity index (χ4n) is 3.40. The van der Waals surface area contributed by atoms with E-state index < -0.39 is 18.6 Å². The van der Waals surface area contributed by atoms with Crippen LogP contribution < -0.4 is 5.32 Å². The summed E-state index contributed by atoms with van der Waals surface area (Å²) in [6.07, 6.45) is -1.69. The molecule has 0 aromatic rings. The number of aliphatic hydroxyl groups excluding tert-OH is 1. The molecule has 2 unspecified atom stereocenters. The standard InChI is InChI=1S/C15H25F3N2O3/c16-15(17,18)10-20-5-1-2-12(8-20)13(22)19-9-14(3-6-21)4-7-23-11-14/h12,21H,1-11H2,(H,19,22). The smallest absolute Gasteiger partial charge is 0.396 e. The van der Waals surface area contributed by atoms with Gasteiger partial charge in [-0.05, 0) is 32.2 Å². The van der Waals surface area contributed by atoms with Crippen molar-refractivity contribution in [3.8, 4) is 0 Å². The molecular weight excluding hydrogens is 313 g/mol. The zero-order valence-electron chi connectivity index (χ0n) is 13.2. The highest BCUT2D eigenvalue weighted by Crippen LogP contribution is 2.31. The van der Waals surface area contributed by atoms with Gasteiger partial charge in [-0.2, -0.15) is 13.2 Å². The predicted molar refractivity (Wildman–Crippen MR) is 77.8 cm³/mol. The number of piperidine rings is 1. The summed E-state index contributed by atoms with van der Waals surface area (Å²) in [4.78, 5) is 13.6. The zero-order chi connectivity index (χ0) is 16.9. The van der Waals surface area contributed by atoms with Gasteiger partial charge in [-0.3, -0.25) is 9.69 Å². The first-order valence-electron chi connectivity index (χ1n) is 8.09. The van der Waals surface area contributed by atoms with E-state index in [1.807, 2.05) is 0 Å². The van der Waals surface area contributed by atoms with Gasteiger partial charge in [-0.1, -0.05) is 0 Å². The number of alkyl halides is 3. The van der Waals surface area contributed by atoms with E-state index in [1.54, 1.807) is 0 Å². The highest BCUT2D eigenvalue weighted by Gasteiger charge is 2.37. The summed E-state index contributed by atoms with van der Waals surface area (Å²) in [5.41, 5.74) is -0.245. The maximum atomic E-state index is 12.5. The fourth-order valence-corrected chi connectivity index (χ4v) is 3.40. The van der Waals surface area contributed by atoms with E-state index in [4.69, 9.17) is 9.84 Å². The molecular formula is C15H25F3N2O3. The minimum absolute atomic E-state index is 0.0298. The molecule has 0 bridgehead atoms. The molecule has 0 aromatic heterocycles. The highest BCUT2D eigenvalue weighted by atomic mass is 19.4. The summed E-state index contributed by atoms with van der Waals surface area (Å²) in [6.45, 7) is 1.11. The van der Waals surface area contributed by atoms with Gasteiger partial charge in [0.25, 0.3) is 0 Å². The van der Waals surface area contributed by atoms with Gasteiger partial charge < -0.3 is 15.2 Å². The lowest BCUT2D eigenvalue weighted by molar-refractivity contribution is -0.152. The number of hydrogen-bond donors (Lipinski definition) is 2. The number of aliphatic hydroxyl groups is 1. The van der Waals surface area contributed by atoms with Gasteiger partial charge in [0, 0.05) is 31.7 Å². The SMILES string of the molecule is O=C(NCC1(CCO)CCOC1)C1CCCN(CC(F)(F)F)C1. The lowest BCUT2D eigenvalue weighted by Gasteiger charge is -2.33. The van der Waals surface area contributed by atoms with Crippen molar-refractivity contribution in [2.45, 2.75) is 31.9 Å². The molecule has 1 amide bonds. The third-order valence-corrected chi connectivity index (χ3v) is 4.74. The van der Waals surface area contributed by atoms with E-state index in [2.05, 4.69) is 5.32 Å². The summed E-state index contributed by atoms with van der Waals surface area (Å²) in [5, 5.41) is 12.0. The summed E-state index contributed by atoms with van der Waals surface area (Å²) in [6, 6.07) is 0. The van der Waals surface area contributed by atoms with Crippen molar-refractivity contribution in [3.63, 3.8) is 0 Å². The van der Waals surface area contributed by atoms with Crippen molar-refractivity contribution < 1.29 is 27.8 Å². The highest BCUT2D eigenvalue weighted by molar-refractivity contribution is 5.79. The van der Waals surface area contributed by atoms with Gasteiger partial charge in [-0.15, -0.1) is 0 Å². The van der Waals surface area contributed by atoms with Crippen LogP contribution in [0.5, 0.6) is 0 Å². The number of ether oxygens (including phenoxy) is 1. The van der Waals surface area contributed by atoms with Crippen LogP contribution in [0.25, 0.3) is 0 Å². The van der Waals surface area contributed by atoms with Crippen LogP contribution in [0.4, 0.5) is 13.2 Å². The normalized spacial score (nSPS) is 29.7. The number of nitrogens with one attached hydrogen (secondary N) is 1. The van der Waals surface area contributed by atoms with Crippen molar-refractivity contribution in [1.82, 2.24) is 10.2 Å². The molecule has 0 spiro atoms. The second-order valence-corrected chi connectivity index (χ2v) is 6.68. The summed E-state index contributed by atoms with van der Waals surface area (Å²) in [7, 11) is 0. The van der Waals surface area contributed by atoms with Crippen LogP contribution in [0.2, 0.25) is 0 Å². The molecule has 2 fully saturated rings. The van der Waals surface area contributed by atoms with E-state index in [-0.39, 0.29) is 24.5 Å². The van der Waals surface area contributed by atoms with E-state index >= 15 is 0 Å². The Morgan fingerprint density at radius 2 is 2.22 bits per heavy atom. The Bertz CT molecular complexity index is 398. The van der Waals surface area contributed by atoms with Crippen LogP contribution in [0.15, 0.2) is 0 Å². The van der Waals surface area contributed by atoms with Crippen molar-refractivity contribution in [2.75, 3.05) is 46.0 Å². The predicted octanol–water partition coefficient (Wildman–Crippen LogP) is 1.17. The van der Waals surface area contributed by atoms with Gasteiger partial charge in [0.1, 0.15) is 0 Å². The number of halogens is 3. The molecule has 2 heterocycles. The molecule has 8 heteroatoms. The van der Waals surface area contributed by atoms with E-state index in [0.717, 1.165) is 6.42 Å². The molecule has 5 nitrogen and oxygen atoms in total. The van der Waals surface area contributed by atoms with Crippen LogP contribution in [-0.4, -0.2) is 68.1 Å². The van der Waals surface area contributed by atoms with E-state index in [0.29, 0.717) is 45.6 Å². The Labute approximate surface area is 134 Å². The summed E-state index contributed by atoms with van der Waals surface area (Å²) in [5.74, 6) is -0.597. The van der Waals surface area contributed by atoms with Gasteiger partial charge in [0.15, 0.2) is 0 Å². The van der Waals surface area contributed by atoms with E-state index in [1.165, 1.54) is 4.90 Å². The quantitative estimate of drug-likeness (QED) is 0.763. The topological polar surface area (TPSA) is 61.8 Å². The molecule has 0 radical (unpaired) electrons. The number of amides is 1. The van der Waals surface area contributed by atoms with Crippen LogP contribution in [0.3, 0.4) is 0 Å². The Kier molecular flexibility index (Phi) is 6.27. The molecule has 0 aromatic carbocycles. The second kappa shape index (κ2) is 7.81. The maximum Gasteiger partial charge on any atom is 0.401 e. The molecule has 2 saturated heterocycles. The second-order valence-electron chi connectivity index (χ2n) is 6.68. The third kappa shape index (κ3) is 5.61. The van der Waals surface area contributed by atoms with Gasteiger partial charge in [0.2, 0.25) is 5.91 Å². The van der Waals surface area contributed by atoms with Gasteiger partial charge in [-0.25, -0.2) is 0 Å².